The van der Waals surface area contributed by atoms with Gasteiger partial charge >= 0.3 is 0 Å². The Balaban J connectivity index is 1.96. The minimum Gasteiger partial charge on any atom is -0.316 e. The van der Waals surface area contributed by atoms with Gasteiger partial charge in [0.1, 0.15) is 0 Å². The van der Waals surface area contributed by atoms with Crippen LogP contribution in [0.4, 0.5) is 0 Å². The van der Waals surface area contributed by atoms with Crippen molar-refractivity contribution in [2.45, 2.75) is 40.2 Å². The second kappa shape index (κ2) is 7.06. The first-order valence-electron chi connectivity index (χ1n) is 7.69. The third-order valence-electron chi connectivity index (χ3n) is 4.47. The zero-order chi connectivity index (χ0) is 13.7. The number of nitrogens with one attached hydrogen (secondary N) is 1. The van der Waals surface area contributed by atoms with Gasteiger partial charge in [-0.2, -0.15) is 0 Å². The minimum absolute atomic E-state index is 0.832. The predicted molar refractivity (Wildman–Crippen MR) is 82.5 cm³/mol. The lowest BCUT2D eigenvalue weighted by Crippen LogP contribution is -2.38. The van der Waals surface area contributed by atoms with Gasteiger partial charge in [0, 0.05) is 13.1 Å². The highest BCUT2D eigenvalue weighted by Gasteiger charge is 2.16. The standard InChI is InChI=1S/C17H28N2/c1-4-19(12-16-8-6-10-18-11-16)13-17-9-5-7-14(2)15(17)3/h5,7,9,16,18H,4,6,8,10-13H2,1-3H3. The Morgan fingerprint density at radius 1 is 1.32 bits per heavy atom. The average molecular weight is 260 g/mol. The van der Waals surface area contributed by atoms with Crippen molar-refractivity contribution in [1.82, 2.24) is 10.2 Å². The van der Waals surface area contributed by atoms with Gasteiger partial charge in [0.25, 0.3) is 0 Å². The summed E-state index contributed by atoms with van der Waals surface area (Å²) in [6.07, 6.45) is 2.72. The lowest BCUT2D eigenvalue weighted by molar-refractivity contribution is 0.209. The Morgan fingerprint density at radius 3 is 2.84 bits per heavy atom. The second-order valence-corrected chi connectivity index (χ2v) is 5.90. The van der Waals surface area contributed by atoms with Crippen molar-refractivity contribution < 1.29 is 0 Å². The highest BCUT2D eigenvalue weighted by Crippen LogP contribution is 2.17. The molecule has 1 aliphatic rings. The summed E-state index contributed by atoms with van der Waals surface area (Å²) < 4.78 is 0. The van der Waals surface area contributed by atoms with Gasteiger partial charge in [0.15, 0.2) is 0 Å². The first kappa shape index (κ1) is 14.5. The largest absolute Gasteiger partial charge is 0.316 e. The lowest BCUT2D eigenvalue weighted by Gasteiger charge is -2.30. The first-order valence-corrected chi connectivity index (χ1v) is 7.69. The van der Waals surface area contributed by atoms with Crippen LogP contribution in [0.15, 0.2) is 18.2 Å². The van der Waals surface area contributed by atoms with Crippen LogP contribution in [0.3, 0.4) is 0 Å². The zero-order valence-corrected chi connectivity index (χ0v) is 12.7. The van der Waals surface area contributed by atoms with Crippen LogP contribution in [0.5, 0.6) is 0 Å². The van der Waals surface area contributed by atoms with Crippen LogP contribution in [-0.4, -0.2) is 31.1 Å². The molecule has 1 saturated heterocycles. The number of piperidine rings is 1. The third kappa shape index (κ3) is 4.05. The average Bonchev–Trinajstić information content (AvgIpc) is 2.44. The summed E-state index contributed by atoms with van der Waals surface area (Å²) in [7, 11) is 0. The molecule has 1 aliphatic heterocycles. The topological polar surface area (TPSA) is 15.3 Å². The number of hydrogen-bond donors (Lipinski definition) is 1. The lowest BCUT2D eigenvalue weighted by atomic mass is 9.98. The molecule has 19 heavy (non-hydrogen) atoms. The molecular formula is C17H28N2. The molecule has 0 saturated carbocycles. The number of hydrogen-bond acceptors (Lipinski definition) is 2. The van der Waals surface area contributed by atoms with E-state index in [-0.39, 0.29) is 0 Å². The van der Waals surface area contributed by atoms with Crippen LogP contribution < -0.4 is 5.32 Å². The fraction of sp³-hybridized carbons (Fsp3) is 0.647. The van der Waals surface area contributed by atoms with E-state index in [1.807, 2.05) is 0 Å². The van der Waals surface area contributed by atoms with E-state index < -0.39 is 0 Å². The van der Waals surface area contributed by atoms with E-state index in [4.69, 9.17) is 0 Å². The van der Waals surface area contributed by atoms with E-state index in [1.54, 1.807) is 0 Å². The Kier molecular flexibility index (Phi) is 5.41. The Hall–Kier alpha value is -0.860. The fourth-order valence-electron chi connectivity index (χ4n) is 2.97. The van der Waals surface area contributed by atoms with E-state index in [9.17, 15) is 0 Å². The molecule has 1 aromatic rings. The first-order chi connectivity index (χ1) is 9.20. The van der Waals surface area contributed by atoms with E-state index in [0.717, 1.165) is 19.0 Å². The van der Waals surface area contributed by atoms with Crippen LogP contribution in [0.25, 0.3) is 0 Å². The Bertz CT molecular complexity index is 394. The van der Waals surface area contributed by atoms with Crippen LogP contribution in [0.1, 0.15) is 36.5 Å². The maximum absolute atomic E-state index is 3.52. The van der Waals surface area contributed by atoms with E-state index in [2.05, 4.69) is 49.2 Å². The number of aryl methyl sites for hydroxylation is 1. The molecular weight excluding hydrogens is 232 g/mol. The number of rotatable bonds is 5. The van der Waals surface area contributed by atoms with Gasteiger partial charge in [-0.15, -0.1) is 0 Å². The van der Waals surface area contributed by atoms with Crippen molar-refractivity contribution in [2.75, 3.05) is 26.2 Å². The molecule has 0 amide bonds. The maximum atomic E-state index is 3.52. The van der Waals surface area contributed by atoms with Gasteiger partial charge in [-0.25, -0.2) is 0 Å². The molecule has 0 aliphatic carbocycles. The summed E-state index contributed by atoms with van der Waals surface area (Å²) in [5, 5.41) is 3.52. The predicted octanol–water partition coefficient (Wildman–Crippen LogP) is 3.12. The molecule has 2 rings (SSSR count). The summed E-state index contributed by atoms with van der Waals surface area (Å²) in [4.78, 5) is 2.60. The molecule has 0 bridgehead atoms. The Morgan fingerprint density at radius 2 is 2.16 bits per heavy atom. The zero-order valence-electron chi connectivity index (χ0n) is 12.7. The van der Waals surface area contributed by atoms with Gasteiger partial charge in [0.2, 0.25) is 0 Å². The quantitative estimate of drug-likeness (QED) is 0.875. The molecule has 1 heterocycles. The smallest absolute Gasteiger partial charge is 0.0236 e. The molecule has 106 valence electrons. The van der Waals surface area contributed by atoms with Crippen LogP contribution in [0, 0.1) is 19.8 Å². The van der Waals surface area contributed by atoms with Crippen LogP contribution in [0.2, 0.25) is 0 Å². The summed E-state index contributed by atoms with van der Waals surface area (Å²) in [5.74, 6) is 0.832. The van der Waals surface area contributed by atoms with Gasteiger partial charge in [0.05, 0.1) is 0 Å². The van der Waals surface area contributed by atoms with E-state index >= 15 is 0 Å². The van der Waals surface area contributed by atoms with Crippen molar-refractivity contribution in [3.63, 3.8) is 0 Å². The molecule has 2 heteroatoms. The molecule has 1 fully saturated rings. The fourth-order valence-corrected chi connectivity index (χ4v) is 2.97. The SMILES string of the molecule is CCN(Cc1cccc(C)c1C)CC1CCCNC1. The number of nitrogens with zero attached hydrogens (tertiary/aromatic N) is 1. The van der Waals surface area contributed by atoms with E-state index in [0.29, 0.717) is 0 Å². The molecule has 2 nitrogen and oxygen atoms in total. The maximum Gasteiger partial charge on any atom is 0.0236 e. The summed E-state index contributed by atoms with van der Waals surface area (Å²) in [6, 6.07) is 6.68. The van der Waals surface area contributed by atoms with Gasteiger partial charge in [-0.1, -0.05) is 25.1 Å². The molecule has 1 aromatic carbocycles. The second-order valence-electron chi connectivity index (χ2n) is 5.90. The van der Waals surface area contributed by atoms with Crippen LogP contribution >= 0.6 is 0 Å². The normalized spacial score (nSPS) is 19.9. The highest BCUT2D eigenvalue weighted by molar-refractivity contribution is 5.32. The monoisotopic (exact) mass is 260 g/mol. The Labute approximate surface area is 118 Å². The summed E-state index contributed by atoms with van der Waals surface area (Å²) in [5.41, 5.74) is 4.36. The van der Waals surface area contributed by atoms with Gasteiger partial charge in [-0.05, 0) is 68.9 Å². The van der Waals surface area contributed by atoms with Crippen molar-refractivity contribution in [3.05, 3.63) is 34.9 Å². The highest BCUT2D eigenvalue weighted by atomic mass is 15.1. The summed E-state index contributed by atoms with van der Waals surface area (Å²) in [6.45, 7) is 12.6. The molecule has 1 unspecified atom stereocenters. The van der Waals surface area contributed by atoms with E-state index in [1.165, 1.54) is 49.2 Å². The van der Waals surface area contributed by atoms with Gasteiger partial charge < -0.3 is 5.32 Å². The van der Waals surface area contributed by atoms with Crippen molar-refractivity contribution in [1.29, 1.82) is 0 Å². The molecule has 1 atom stereocenters. The molecule has 0 radical (unpaired) electrons. The summed E-state index contributed by atoms with van der Waals surface area (Å²) >= 11 is 0. The van der Waals surface area contributed by atoms with Crippen molar-refractivity contribution in [2.24, 2.45) is 5.92 Å². The number of benzene rings is 1. The van der Waals surface area contributed by atoms with Crippen LogP contribution in [-0.2, 0) is 6.54 Å². The molecule has 0 spiro atoms. The van der Waals surface area contributed by atoms with Crippen molar-refractivity contribution >= 4 is 0 Å². The minimum atomic E-state index is 0.832. The molecule has 0 aromatic heterocycles. The van der Waals surface area contributed by atoms with Crippen molar-refractivity contribution in [3.8, 4) is 0 Å². The van der Waals surface area contributed by atoms with Gasteiger partial charge in [-0.3, -0.25) is 4.90 Å². The third-order valence-corrected chi connectivity index (χ3v) is 4.47. The molecule has 1 N–H and O–H groups in total.